The molecular formula is C15H15ClFNOS. The van der Waals surface area contributed by atoms with Crippen LogP contribution >= 0.6 is 22.9 Å². The van der Waals surface area contributed by atoms with Crippen molar-refractivity contribution in [2.45, 2.75) is 6.10 Å². The maximum Gasteiger partial charge on any atom is 0.123 e. The van der Waals surface area contributed by atoms with Crippen LogP contribution in [-0.4, -0.2) is 18.2 Å². The Morgan fingerprint density at radius 3 is 2.65 bits per heavy atom. The summed E-state index contributed by atoms with van der Waals surface area (Å²) in [5.74, 6) is -0.238. The second-order valence-corrected chi connectivity index (χ2v) is 6.02. The molecule has 5 heteroatoms. The van der Waals surface area contributed by atoms with Gasteiger partial charge in [-0.05, 0) is 29.8 Å². The van der Waals surface area contributed by atoms with E-state index in [0.717, 1.165) is 10.4 Å². The molecule has 0 spiro atoms. The topological polar surface area (TPSA) is 32.3 Å². The number of aliphatic hydroxyl groups is 1. The Morgan fingerprint density at radius 1 is 1.25 bits per heavy atom. The molecule has 1 aromatic carbocycles. The summed E-state index contributed by atoms with van der Waals surface area (Å²) < 4.78 is 13.4. The zero-order valence-corrected chi connectivity index (χ0v) is 12.3. The van der Waals surface area contributed by atoms with E-state index in [9.17, 15) is 9.50 Å². The molecule has 0 saturated carbocycles. The standard InChI is InChI=1S/C15H15ClFNOS/c16-15-8-7-14(20-15)13(19)10-18-9-1-2-11-3-5-12(17)6-4-11/h1-8,13,18-19H,9-10H2/b2-1+. The van der Waals surface area contributed by atoms with Crippen LogP contribution in [0.1, 0.15) is 16.5 Å². The summed E-state index contributed by atoms with van der Waals surface area (Å²) in [5, 5.41) is 13.0. The van der Waals surface area contributed by atoms with Crippen LogP contribution in [0.3, 0.4) is 0 Å². The highest BCUT2D eigenvalue weighted by Gasteiger charge is 2.08. The molecule has 0 aliphatic carbocycles. The molecule has 2 N–H and O–H groups in total. The van der Waals surface area contributed by atoms with Crippen molar-refractivity contribution in [2.24, 2.45) is 0 Å². The SMILES string of the molecule is OC(CNC/C=C/c1ccc(F)cc1)c1ccc(Cl)s1. The first-order valence-corrected chi connectivity index (χ1v) is 7.41. The minimum Gasteiger partial charge on any atom is -0.386 e. The van der Waals surface area contributed by atoms with Crippen molar-refractivity contribution in [1.29, 1.82) is 0 Å². The Kier molecular flexibility index (Phi) is 5.73. The van der Waals surface area contributed by atoms with Crippen LogP contribution in [0, 0.1) is 5.82 Å². The van der Waals surface area contributed by atoms with E-state index in [1.54, 1.807) is 18.2 Å². The highest BCUT2D eigenvalue weighted by atomic mass is 35.5. The summed E-state index contributed by atoms with van der Waals surface area (Å²) in [4.78, 5) is 0.852. The summed E-state index contributed by atoms with van der Waals surface area (Å²) in [6.45, 7) is 1.10. The fraction of sp³-hybridized carbons (Fsp3) is 0.200. The molecule has 106 valence electrons. The van der Waals surface area contributed by atoms with Gasteiger partial charge in [0, 0.05) is 18.0 Å². The Bertz CT molecular complexity index is 568. The minimum absolute atomic E-state index is 0.238. The number of rotatable bonds is 6. The first-order valence-electron chi connectivity index (χ1n) is 6.21. The number of nitrogens with one attached hydrogen (secondary N) is 1. The van der Waals surface area contributed by atoms with Gasteiger partial charge in [-0.3, -0.25) is 0 Å². The highest BCUT2D eigenvalue weighted by molar-refractivity contribution is 7.16. The summed E-state index contributed by atoms with van der Waals surface area (Å²) >= 11 is 7.20. The predicted octanol–water partition coefficient (Wildman–Crippen LogP) is 3.88. The number of halogens is 2. The highest BCUT2D eigenvalue weighted by Crippen LogP contribution is 2.26. The molecule has 20 heavy (non-hydrogen) atoms. The van der Waals surface area contributed by atoms with Crippen LogP contribution in [0.4, 0.5) is 4.39 Å². The third-order valence-electron chi connectivity index (χ3n) is 2.70. The van der Waals surface area contributed by atoms with Gasteiger partial charge in [-0.1, -0.05) is 35.9 Å². The molecule has 1 unspecified atom stereocenters. The predicted molar refractivity (Wildman–Crippen MR) is 82.6 cm³/mol. The zero-order chi connectivity index (χ0) is 14.4. The van der Waals surface area contributed by atoms with Crippen LogP contribution in [0.5, 0.6) is 0 Å². The zero-order valence-electron chi connectivity index (χ0n) is 10.7. The average Bonchev–Trinajstić information content (AvgIpc) is 2.87. The molecule has 0 radical (unpaired) electrons. The first kappa shape index (κ1) is 15.2. The van der Waals surface area contributed by atoms with Gasteiger partial charge < -0.3 is 10.4 Å². The fourth-order valence-electron chi connectivity index (χ4n) is 1.68. The molecule has 0 bridgehead atoms. The summed E-state index contributed by atoms with van der Waals surface area (Å²) in [6.07, 6.45) is 3.29. The maximum absolute atomic E-state index is 12.7. The molecule has 2 aromatic rings. The van der Waals surface area contributed by atoms with Crippen LogP contribution in [0.15, 0.2) is 42.5 Å². The van der Waals surface area contributed by atoms with Gasteiger partial charge in [-0.25, -0.2) is 4.39 Å². The molecule has 2 nitrogen and oxygen atoms in total. The third kappa shape index (κ3) is 4.72. The molecule has 0 fully saturated rings. The molecule has 0 amide bonds. The van der Waals surface area contributed by atoms with Crippen molar-refractivity contribution < 1.29 is 9.50 Å². The largest absolute Gasteiger partial charge is 0.386 e. The Labute approximate surface area is 126 Å². The molecule has 0 aliphatic rings. The lowest BCUT2D eigenvalue weighted by atomic mass is 10.2. The third-order valence-corrected chi connectivity index (χ3v) is 4.03. The smallest absolute Gasteiger partial charge is 0.123 e. The number of benzene rings is 1. The van der Waals surface area contributed by atoms with Crippen molar-refractivity contribution in [3.8, 4) is 0 Å². The lowest BCUT2D eigenvalue weighted by Crippen LogP contribution is -2.20. The van der Waals surface area contributed by atoms with E-state index in [1.165, 1.54) is 23.5 Å². The summed E-state index contributed by atoms with van der Waals surface area (Å²) in [5.41, 5.74) is 0.943. The Morgan fingerprint density at radius 2 is 2.00 bits per heavy atom. The molecule has 2 rings (SSSR count). The van der Waals surface area contributed by atoms with Crippen LogP contribution < -0.4 is 5.32 Å². The van der Waals surface area contributed by atoms with Crippen molar-refractivity contribution in [2.75, 3.05) is 13.1 Å². The normalized spacial score (nSPS) is 12.9. The Balaban J connectivity index is 1.72. The number of hydrogen-bond acceptors (Lipinski definition) is 3. The average molecular weight is 312 g/mol. The van der Waals surface area contributed by atoms with E-state index in [0.29, 0.717) is 17.4 Å². The van der Waals surface area contributed by atoms with Gasteiger partial charge in [-0.15, -0.1) is 11.3 Å². The van der Waals surface area contributed by atoms with Gasteiger partial charge in [0.05, 0.1) is 4.34 Å². The molecular weight excluding hydrogens is 297 g/mol. The molecule has 0 saturated heterocycles. The summed E-state index contributed by atoms with van der Waals surface area (Å²) in [7, 11) is 0. The molecule has 1 atom stereocenters. The second-order valence-electron chi connectivity index (χ2n) is 4.27. The molecule has 0 aliphatic heterocycles. The van der Waals surface area contributed by atoms with Crippen LogP contribution in [0.25, 0.3) is 6.08 Å². The van der Waals surface area contributed by atoms with Gasteiger partial charge in [0.2, 0.25) is 0 Å². The van der Waals surface area contributed by atoms with Gasteiger partial charge in [-0.2, -0.15) is 0 Å². The number of aliphatic hydroxyl groups excluding tert-OH is 1. The van der Waals surface area contributed by atoms with Crippen molar-refractivity contribution in [3.63, 3.8) is 0 Å². The minimum atomic E-state index is -0.549. The van der Waals surface area contributed by atoms with E-state index in [-0.39, 0.29) is 5.82 Å². The van der Waals surface area contributed by atoms with Crippen LogP contribution in [-0.2, 0) is 0 Å². The molecule has 1 heterocycles. The number of hydrogen-bond donors (Lipinski definition) is 2. The maximum atomic E-state index is 12.7. The van der Waals surface area contributed by atoms with Crippen molar-refractivity contribution in [3.05, 3.63) is 63.1 Å². The molecule has 1 aromatic heterocycles. The quantitative estimate of drug-likeness (QED) is 0.794. The van der Waals surface area contributed by atoms with E-state index in [2.05, 4.69) is 5.32 Å². The van der Waals surface area contributed by atoms with E-state index in [4.69, 9.17) is 11.6 Å². The lowest BCUT2D eigenvalue weighted by Gasteiger charge is -2.08. The van der Waals surface area contributed by atoms with Gasteiger partial charge in [0.1, 0.15) is 11.9 Å². The Hall–Kier alpha value is -1.20. The van der Waals surface area contributed by atoms with E-state index < -0.39 is 6.10 Å². The number of thiophene rings is 1. The van der Waals surface area contributed by atoms with Crippen LogP contribution in [0.2, 0.25) is 4.34 Å². The fourth-order valence-corrected chi connectivity index (χ4v) is 2.73. The second kappa shape index (κ2) is 7.55. The van der Waals surface area contributed by atoms with Crippen molar-refractivity contribution in [1.82, 2.24) is 5.32 Å². The lowest BCUT2D eigenvalue weighted by molar-refractivity contribution is 0.180. The monoisotopic (exact) mass is 311 g/mol. The van der Waals surface area contributed by atoms with E-state index in [1.807, 2.05) is 18.2 Å². The first-order chi connectivity index (χ1) is 9.65. The van der Waals surface area contributed by atoms with Gasteiger partial charge >= 0.3 is 0 Å². The van der Waals surface area contributed by atoms with Gasteiger partial charge in [0.25, 0.3) is 0 Å². The van der Waals surface area contributed by atoms with E-state index >= 15 is 0 Å². The van der Waals surface area contributed by atoms with Gasteiger partial charge in [0.15, 0.2) is 0 Å². The van der Waals surface area contributed by atoms with Crippen molar-refractivity contribution >= 4 is 29.0 Å². The summed E-state index contributed by atoms with van der Waals surface area (Å²) in [6, 6.07) is 9.89.